The summed E-state index contributed by atoms with van der Waals surface area (Å²) in [5.74, 6) is -0.572. The van der Waals surface area contributed by atoms with Gasteiger partial charge in [-0.3, -0.25) is 14.4 Å². The van der Waals surface area contributed by atoms with E-state index in [1.54, 1.807) is 18.9 Å². The van der Waals surface area contributed by atoms with E-state index in [4.69, 9.17) is 4.74 Å². The van der Waals surface area contributed by atoms with Gasteiger partial charge in [0.05, 0.1) is 19.3 Å². The lowest BCUT2D eigenvalue weighted by molar-refractivity contribution is -0.139. The molecular weight excluding hydrogens is 310 g/mol. The standard InChI is InChI=1S/C17H23N3O4/c1-3-14(21)17(23)18-12-16(22)20-10-8-19(9-11-20)13-6-4-5-7-15(13)24-2/h4-7H,3,8-12H2,1-2H3,(H,18,23). The van der Waals surface area contributed by atoms with E-state index in [2.05, 4.69) is 10.2 Å². The van der Waals surface area contributed by atoms with Crippen molar-refractivity contribution >= 4 is 23.3 Å². The van der Waals surface area contributed by atoms with Gasteiger partial charge in [0.1, 0.15) is 5.75 Å². The Labute approximate surface area is 141 Å². The van der Waals surface area contributed by atoms with E-state index in [1.807, 2.05) is 24.3 Å². The number of hydrogen-bond acceptors (Lipinski definition) is 5. The van der Waals surface area contributed by atoms with Crippen molar-refractivity contribution in [1.82, 2.24) is 10.2 Å². The van der Waals surface area contributed by atoms with Crippen LogP contribution in [0.25, 0.3) is 0 Å². The molecule has 0 radical (unpaired) electrons. The van der Waals surface area contributed by atoms with Gasteiger partial charge in [-0.25, -0.2) is 0 Å². The Morgan fingerprint density at radius 3 is 2.42 bits per heavy atom. The molecule has 1 aliphatic rings. The van der Waals surface area contributed by atoms with Crippen molar-refractivity contribution in [2.24, 2.45) is 0 Å². The lowest BCUT2D eigenvalue weighted by Gasteiger charge is -2.36. The zero-order valence-electron chi connectivity index (χ0n) is 14.1. The smallest absolute Gasteiger partial charge is 0.287 e. The SMILES string of the molecule is CCC(=O)C(=O)NCC(=O)N1CCN(c2ccccc2OC)CC1. The first-order valence-corrected chi connectivity index (χ1v) is 8.03. The Balaban J connectivity index is 1.85. The van der Waals surface area contributed by atoms with Crippen molar-refractivity contribution in [2.45, 2.75) is 13.3 Å². The molecule has 0 unspecified atom stereocenters. The molecule has 7 heteroatoms. The summed E-state index contributed by atoms with van der Waals surface area (Å²) in [7, 11) is 1.64. The number of hydrogen-bond donors (Lipinski definition) is 1. The first-order chi connectivity index (χ1) is 11.6. The topological polar surface area (TPSA) is 79.0 Å². The fraction of sp³-hybridized carbons (Fsp3) is 0.471. The number of amides is 2. The van der Waals surface area contributed by atoms with Crippen LogP contribution in [0.5, 0.6) is 5.75 Å². The number of carbonyl (C=O) groups excluding carboxylic acids is 3. The summed E-state index contributed by atoms with van der Waals surface area (Å²) in [5.41, 5.74) is 1.01. The Morgan fingerprint density at radius 1 is 1.12 bits per heavy atom. The number of benzene rings is 1. The maximum atomic E-state index is 12.1. The second kappa shape index (κ2) is 8.33. The summed E-state index contributed by atoms with van der Waals surface area (Å²) in [5, 5.41) is 2.38. The zero-order chi connectivity index (χ0) is 17.5. The summed E-state index contributed by atoms with van der Waals surface area (Å²) in [6.07, 6.45) is 0.137. The van der Waals surface area contributed by atoms with Crippen molar-refractivity contribution in [1.29, 1.82) is 0 Å². The third-order valence-electron chi connectivity index (χ3n) is 4.03. The van der Waals surface area contributed by atoms with Gasteiger partial charge < -0.3 is 19.9 Å². The molecule has 1 aliphatic heterocycles. The Bertz CT molecular complexity index is 610. The number of ketones is 1. The van der Waals surface area contributed by atoms with E-state index >= 15 is 0 Å². The summed E-state index contributed by atoms with van der Waals surface area (Å²) in [6.45, 7) is 3.98. The molecule has 1 saturated heterocycles. The second-order valence-corrected chi connectivity index (χ2v) is 5.50. The van der Waals surface area contributed by atoms with Crippen molar-refractivity contribution in [3.8, 4) is 5.75 Å². The number of piperazine rings is 1. The summed E-state index contributed by atoms with van der Waals surface area (Å²) >= 11 is 0. The average Bonchev–Trinajstić information content (AvgIpc) is 2.65. The molecule has 0 aliphatic carbocycles. The number of nitrogens with zero attached hydrogens (tertiary/aromatic N) is 2. The Kier molecular flexibility index (Phi) is 6.17. The zero-order valence-corrected chi connectivity index (χ0v) is 14.1. The lowest BCUT2D eigenvalue weighted by atomic mass is 10.2. The van der Waals surface area contributed by atoms with Crippen molar-refractivity contribution in [3.05, 3.63) is 24.3 Å². The van der Waals surface area contributed by atoms with E-state index in [-0.39, 0.29) is 18.9 Å². The highest BCUT2D eigenvalue weighted by Crippen LogP contribution is 2.28. The molecule has 130 valence electrons. The van der Waals surface area contributed by atoms with Crippen molar-refractivity contribution in [3.63, 3.8) is 0 Å². The summed E-state index contributed by atoms with van der Waals surface area (Å²) in [6, 6.07) is 7.78. The predicted molar refractivity (Wildman–Crippen MR) is 90.1 cm³/mol. The minimum Gasteiger partial charge on any atom is -0.495 e. The van der Waals surface area contributed by atoms with Gasteiger partial charge in [-0.2, -0.15) is 0 Å². The van der Waals surface area contributed by atoms with E-state index in [0.29, 0.717) is 26.2 Å². The quantitative estimate of drug-likeness (QED) is 0.764. The molecule has 0 atom stereocenters. The molecule has 24 heavy (non-hydrogen) atoms. The minimum atomic E-state index is -0.696. The molecule has 1 fully saturated rings. The summed E-state index contributed by atoms with van der Waals surface area (Å²) in [4.78, 5) is 38.6. The molecule has 1 N–H and O–H groups in total. The number of carbonyl (C=O) groups is 3. The van der Waals surface area contributed by atoms with Crippen molar-refractivity contribution < 1.29 is 19.1 Å². The van der Waals surface area contributed by atoms with Gasteiger partial charge in [-0.05, 0) is 12.1 Å². The number of methoxy groups -OCH3 is 1. The fourth-order valence-electron chi connectivity index (χ4n) is 2.61. The van der Waals surface area contributed by atoms with E-state index in [0.717, 1.165) is 11.4 Å². The van der Waals surface area contributed by atoms with Crippen LogP contribution in [-0.2, 0) is 14.4 Å². The van der Waals surface area contributed by atoms with Crippen LogP contribution in [0.2, 0.25) is 0 Å². The Morgan fingerprint density at radius 2 is 1.79 bits per heavy atom. The first kappa shape index (κ1) is 17.8. The van der Waals surface area contributed by atoms with E-state index in [1.165, 1.54) is 0 Å². The molecule has 0 bridgehead atoms. The van der Waals surface area contributed by atoms with Gasteiger partial charge in [0.2, 0.25) is 11.7 Å². The molecule has 7 nitrogen and oxygen atoms in total. The van der Waals surface area contributed by atoms with Gasteiger partial charge in [0.15, 0.2) is 0 Å². The number of para-hydroxylation sites is 2. The van der Waals surface area contributed by atoms with Crippen molar-refractivity contribution in [2.75, 3.05) is 44.7 Å². The first-order valence-electron chi connectivity index (χ1n) is 8.03. The van der Waals surface area contributed by atoms with Crippen LogP contribution in [0, 0.1) is 0 Å². The second-order valence-electron chi connectivity index (χ2n) is 5.50. The lowest BCUT2D eigenvalue weighted by Crippen LogP contribution is -2.51. The molecular formula is C17H23N3O4. The number of Topliss-reactive ketones (excluding diaryl/α,β-unsaturated/α-hetero) is 1. The maximum Gasteiger partial charge on any atom is 0.287 e. The highest BCUT2D eigenvalue weighted by molar-refractivity contribution is 6.36. The number of nitrogens with one attached hydrogen (secondary N) is 1. The van der Waals surface area contributed by atoms with Crippen LogP contribution in [-0.4, -0.2) is 62.3 Å². The molecule has 0 aromatic heterocycles. The molecule has 0 saturated carbocycles. The number of anilines is 1. The largest absolute Gasteiger partial charge is 0.495 e. The van der Waals surface area contributed by atoms with Gasteiger partial charge >= 0.3 is 0 Å². The highest BCUT2D eigenvalue weighted by atomic mass is 16.5. The van der Waals surface area contributed by atoms with Crippen LogP contribution in [0.1, 0.15) is 13.3 Å². The number of rotatable bonds is 6. The average molecular weight is 333 g/mol. The normalized spacial score (nSPS) is 14.2. The van der Waals surface area contributed by atoms with Gasteiger partial charge in [-0.1, -0.05) is 19.1 Å². The minimum absolute atomic E-state index is 0.137. The monoisotopic (exact) mass is 333 g/mol. The summed E-state index contributed by atoms with van der Waals surface area (Å²) < 4.78 is 5.37. The molecule has 0 spiro atoms. The third-order valence-corrected chi connectivity index (χ3v) is 4.03. The highest BCUT2D eigenvalue weighted by Gasteiger charge is 2.23. The van der Waals surface area contributed by atoms with E-state index < -0.39 is 11.7 Å². The molecule has 2 rings (SSSR count). The molecule has 1 aromatic carbocycles. The molecule has 1 aromatic rings. The molecule has 2 amide bonds. The van der Waals surface area contributed by atoms with Crippen LogP contribution in [0.15, 0.2) is 24.3 Å². The van der Waals surface area contributed by atoms with E-state index in [9.17, 15) is 14.4 Å². The third kappa shape index (κ3) is 4.24. The van der Waals surface area contributed by atoms with Gasteiger partial charge in [0, 0.05) is 32.6 Å². The fourth-order valence-corrected chi connectivity index (χ4v) is 2.61. The number of ether oxygens (including phenoxy) is 1. The predicted octanol–water partition coefficient (Wildman–Crippen LogP) is 0.439. The van der Waals surface area contributed by atoms with Crippen LogP contribution in [0.3, 0.4) is 0 Å². The van der Waals surface area contributed by atoms with Gasteiger partial charge in [-0.15, -0.1) is 0 Å². The van der Waals surface area contributed by atoms with Crippen LogP contribution in [0.4, 0.5) is 5.69 Å². The van der Waals surface area contributed by atoms with Gasteiger partial charge in [0.25, 0.3) is 5.91 Å². The van der Waals surface area contributed by atoms with Crippen LogP contribution >= 0.6 is 0 Å². The molecule has 1 heterocycles. The maximum absolute atomic E-state index is 12.1. The Hall–Kier alpha value is -2.57. The van der Waals surface area contributed by atoms with Crippen LogP contribution < -0.4 is 15.0 Å².